The monoisotopic (exact) mass is 313 g/mol. The predicted octanol–water partition coefficient (Wildman–Crippen LogP) is 2.81. The topological polar surface area (TPSA) is 55.1 Å². The number of alkyl halides is 6. The van der Waals surface area contributed by atoms with Crippen molar-refractivity contribution in [2.24, 2.45) is 0 Å². The fraction of sp³-hybridized carbons (Fsp3) is 0.500. The van der Waals surface area contributed by atoms with E-state index in [9.17, 15) is 26.3 Å². The van der Waals surface area contributed by atoms with E-state index in [-0.39, 0.29) is 11.5 Å². The summed E-state index contributed by atoms with van der Waals surface area (Å²) < 4.78 is 75.8. The molecule has 0 unspecified atom stereocenters. The lowest BCUT2D eigenvalue weighted by atomic mass is 10.3. The van der Waals surface area contributed by atoms with Crippen LogP contribution >= 0.6 is 0 Å². The lowest BCUT2D eigenvalue weighted by Crippen LogP contribution is -2.34. The van der Waals surface area contributed by atoms with Crippen molar-refractivity contribution in [3.8, 4) is 0 Å². The third kappa shape index (κ3) is 3.16. The minimum atomic E-state index is -4.81. The Balaban J connectivity index is 2.50. The van der Waals surface area contributed by atoms with Gasteiger partial charge in [0.1, 0.15) is 11.9 Å². The molecular formula is C10H9F6N5. The van der Waals surface area contributed by atoms with Crippen LogP contribution in [0.15, 0.2) is 6.07 Å². The van der Waals surface area contributed by atoms with Gasteiger partial charge in [0.25, 0.3) is 11.6 Å². The van der Waals surface area contributed by atoms with Crippen molar-refractivity contribution in [3.05, 3.63) is 17.6 Å². The summed E-state index contributed by atoms with van der Waals surface area (Å²) in [5, 5.41) is 5.21. The van der Waals surface area contributed by atoms with Crippen LogP contribution in [0.2, 0.25) is 0 Å². The van der Waals surface area contributed by atoms with Crippen molar-refractivity contribution >= 4 is 11.6 Å². The van der Waals surface area contributed by atoms with E-state index < -0.39 is 30.0 Å². The molecule has 2 heterocycles. The van der Waals surface area contributed by atoms with Crippen molar-refractivity contribution in [1.82, 2.24) is 19.6 Å². The standard InChI is InChI=1S/C10H9F6N5/c1-4-3-6(18-5(2)9(11,12)13)21-8(17-4)19-7(20-21)10(14,15)16/h3,5,18H,1-2H3/t5-/m1/s1. The SMILES string of the molecule is Cc1cc(N[C@H](C)C(F)(F)F)n2nc(C(F)(F)F)nc2n1. The van der Waals surface area contributed by atoms with Crippen LogP contribution in [0.25, 0.3) is 5.78 Å². The lowest BCUT2D eigenvalue weighted by Gasteiger charge is -2.18. The van der Waals surface area contributed by atoms with E-state index in [1.54, 1.807) is 0 Å². The Labute approximate surface area is 114 Å². The number of hydrogen-bond acceptors (Lipinski definition) is 4. The van der Waals surface area contributed by atoms with Crippen molar-refractivity contribution in [1.29, 1.82) is 0 Å². The highest BCUT2D eigenvalue weighted by Gasteiger charge is 2.38. The number of rotatable bonds is 2. The van der Waals surface area contributed by atoms with Crippen molar-refractivity contribution in [2.45, 2.75) is 32.2 Å². The van der Waals surface area contributed by atoms with E-state index in [0.29, 0.717) is 4.52 Å². The number of aryl methyl sites for hydroxylation is 1. The summed E-state index contributed by atoms with van der Waals surface area (Å²) in [7, 11) is 0. The van der Waals surface area contributed by atoms with Crippen LogP contribution in [0.1, 0.15) is 18.4 Å². The molecule has 0 aromatic carbocycles. The maximum atomic E-state index is 12.5. The molecule has 0 amide bonds. The number of fused-ring (bicyclic) bond motifs is 1. The average molecular weight is 313 g/mol. The summed E-state index contributed by atoms with van der Waals surface area (Å²) in [6.07, 6.45) is -9.37. The molecule has 21 heavy (non-hydrogen) atoms. The van der Waals surface area contributed by atoms with Gasteiger partial charge in [-0.3, -0.25) is 0 Å². The Morgan fingerprint density at radius 1 is 1.14 bits per heavy atom. The minimum Gasteiger partial charge on any atom is -0.359 e. The molecule has 5 nitrogen and oxygen atoms in total. The number of nitrogens with one attached hydrogen (secondary N) is 1. The van der Waals surface area contributed by atoms with E-state index in [2.05, 4.69) is 20.4 Å². The molecular weight excluding hydrogens is 304 g/mol. The molecule has 11 heteroatoms. The van der Waals surface area contributed by atoms with Crippen LogP contribution < -0.4 is 5.32 Å². The number of halogens is 6. The molecule has 0 saturated carbocycles. The zero-order chi connectivity index (χ0) is 16.0. The van der Waals surface area contributed by atoms with Gasteiger partial charge >= 0.3 is 12.4 Å². The van der Waals surface area contributed by atoms with Gasteiger partial charge in [0.05, 0.1) is 0 Å². The van der Waals surface area contributed by atoms with Gasteiger partial charge in [0.2, 0.25) is 0 Å². The van der Waals surface area contributed by atoms with Gasteiger partial charge in [-0.05, 0) is 13.8 Å². The fourth-order valence-electron chi connectivity index (χ4n) is 1.51. The van der Waals surface area contributed by atoms with E-state index in [1.807, 2.05) is 0 Å². The second-order valence-electron chi connectivity index (χ2n) is 4.34. The minimum absolute atomic E-state index is 0.209. The zero-order valence-electron chi connectivity index (χ0n) is 10.7. The molecule has 1 N–H and O–H groups in total. The molecule has 2 aromatic rings. The Kier molecular flexibility index (Phi) is 3.46. The van der Waals surface area contributed by atoms with Crippen LogP contribution in [-0.2, 0) is 6.18 Å². The molecule has 2 aromatic heterocycles. The zero-order valence-corrected chi connectivity index (χ0v) is 10.7. The molecule has 0 bridgehead atoms. The second kappa shape index (κ2) is 4.74. The first-order chi connectivity index (χ1) is 9.48. The molecule has 0 radical (unpaired) electrons. The first kappa shape index (κ1) is 15.3. The Bertz CT molecular complexity index is 658. The number of aromatic nitrogens is 4. The Hall–Kier alpha value is -2.07. The molecule has 0 aliphatic heterocycles. The quantitative estimate of drug-likeness (QED) is 0.866. The summed E-state index contributed by atoms with van der Waals surface area (Å²) in [4.78, 5) is 6.88. The van der Waals surface area contributed by atoms with E-state index in [1.165, 1.54) is 6.92 Å². The summed E-state index contributed by atoms with van der Waals surface area (Å²) in [5.41, 5.74) is 0.209. The molecule has 116 valence electrons. The summed E-state index contributed by atoms with van der Waals surface area (Å²) in [5.74, 6) is -2.17. The van der Waals surface area contributed by atoms with E-state index >= 15 is 0 Å². The van der Waals surface area contributed by atoms with Gasteiger partial charge in [-0.1, -0.05) is 0 Å². The van der Waals surface area contributed by atoms with Crippen molar-refractivity contribution in [3.63, 3.8) is 0 Å². The van der Waals surface area contributed by atoms with Crippen LogP contribution in [0.3, 0.4) is 0 Å². The second-order valence-corrected chi connectivity index (χ2v) is 4.34. The highest BCUT2D eigenvalue weighted by atomic mass is 19.4. The highest BCUT2D eigenvalue weighted by molar-refractivity contribution is 5.46. The molecule has 0 spiro atoms. The third-order valence-corrected chi connectivity index (χ3v) is 2.55. The molecule has 0 fully saturated rings. The lowest BCUT2D eigenvalue weighted by molar-refractivity contribution is -0.145. The summed E-state index contributed by atoms with van der Waals surface area (Å²) in [6, 6.07) is -0.814. The first-order valence-electron chi connectivity index (χ1n) is 5.63. The molecule has 0 aliphatic carbocycles. The van der Waals surface area contributed by atoms with Gasteiger partial charge in [0, 0.05) is 11.8 Å². The first-order valence-corrected chi connectivity index (χ1v) is 5.63. The van der Waals surface area contributed by atoms with Crippen LogP contribution in [-0.4, -0.2) is 31.8 Å². The fourth-order valence-corrected chi connectivity index (χ4v) is 1.51. The molecule has 2 rings (SSSR count). The van der Waals surface area contributed by atoms with Crippen LogP contribution in [0.5, 0.6) is 0 Å². The van der Waals surface area contributed by atoms with Gasteiger partial charge in [-0.15, -0.1) is 5.10 Å². The smallest absolute Gasteiger partial charge is 0.359 e. The van der Waals surface area contributed by atoms with Gasteiger partial charge in [-0.25, -0.2) is 4.98 Å². The van der Waals surface area contributed by atoms with Gasteiger partial charge < -0.3 is 5.32 Å². The van der Waals surface area contributed by atoms with Gasteiger partial charge in [0.15, 0.2) is 0 Å². The molecule has 1 atom stereocenters. The predicted molar refractivity (Wildman–Crippen MR) is 59.7 cm³/mol. The van der Waals surface area contributed by atoms with Crippen LogP contribution in [0, 0.1) is 6.92 Å². The van der Waals surface area contributed by atoms with E-state index in [0.717, 1.165) is 13.0 Å². The Morgan fingerprint density at radius 3 is 2.29 bits per heavy atom. The Morgan fingerprint density at radius 2 is 1.76 bits per heavy atom. The average Bonchev–Trinajstić information content (AvgIpc) is 2.70. The maximum Gasteiger partial charge on any atom is 0.453 e. The summed E-state index contributed by atoms with van der Waals surface area (Å²) in [6.45, 7) is 2.26. The highest BCUT2D eigenvalue weighted by Crippen LogP contribution is 2.28. The van der Waals surface area contributed by atoms with Crippen molar-refractivity contribution < 1.29 is 26.3 Å². The number of anilines is 1. The number of nitrogens with zero attached hydrogens (tertiary/aromatic N) is 4. The van der Waals surface area contributed by atoms with Crippen molar-refractivity contribution in [2.75, 3.05) is 5.32 Å². The van der Waals surface area contributed by atoms with Crippen LogP contribution in [0.4, 0.5) is 32.2 Å². The number of hydrogen-bond donors (Lipinski definition) is 1. The molecule has 0 aliphatic rings. The normalized spacial score (nSPS) is 14.5. The molecule has 0 saturated heterocycles. The van der Waals surface area contributed by atoms with E-state index in [4.69, 9.17) is 0 Å². The maximum absolute atomic E-state index is 12.5. The van der Waals surface area contributed by atoms with Gasteiger partial charge in [-0.2, -0.15) is 35.8 Å². The third-order valence-electron chi connectivity index (χ3n) is 2.55. The largest absolute Gasteiger partial charge is 0.453 e. The summed E-state index contributed by atoms with van der Waals surface area (Å²) >= 11 is 0.